The Kier molecular flexibility index (Phi) is 5.34. The molecule has 3 rings (SSSR count). The van der Waals surface area contributed by atoms with Crippen LogP contribution in [0, 0.1) is 18.3 Å². The molecular weight excluding hydrogens is 338 g/mol. The summed E-state index contributed by atoms with van der Waals surface area (Å²) in [5, 5.41) is 15.2. The standard InChI is InChI=1S/C18H21N3OS2/c1-12-7-8-23-16(12)10-21(2)11-17(22)20-18-14(9-19)13-5-3-4-6-15(13)24-18/h7-8H,3-6,10-11H2,1-2H3,(H,20,22). The van der Waals surface area contributed by atoms with Gasteiger partial charge >= 0.3 is 0 Å². The lowest BCUT2D eigenvalue weighted by molar-refractivity contribution is -0.117. The van der Waals surface area contributed by atoms with Crippen LogP contribution in [0.3, 0.4) is 0 Å². The van der Waals surface area contributed by atoms with Gasteiger partial charge < -0.3 is 5.32 Å². The van der Waals surface area contributed by atoms with E-state index in [-0.39, 0.29) is 5.91 Å². The van der Waals surface area contributed by atoms with Gasteiger partial charge in [0.05, 0.1) is 12.1 Å². The van der Waals surface area contributed by atoms with E-state index in [1.807, 2.05) is 11.9 Å². The predicted octanol–water partition coefficient (Wildman–Crippen LogP) is 3.94. The number of nitrogens with one attached hydrogen (secondary N) is 1. The van der Waals surface area contributed by atoms with Gasteiger partial charge in [-0.1, -0.05) is 0 Å². The van der Waals surface area contributed by atoms with E-state index in [0.717, 1.165) is 36.4 Å². The molecule has 2 heterocycles. The number of amides is 1. The number of aryl methyl sites for hydroxylation is 2. The topological polar surface area (TPSA) is 56.1 Å². The van der Waals surface area contributed by atoms with Crippen LogP contribution in [-0.2, 0) is 24.2 Å². The third-order valence-electron chi connectivity index (χ3n) is 4.33. The van der Waals surface area contributed by atoms with E-state index in [9.17, 15) is 10.1 Å². The molecule has 0 fully saturated rings. The Balaban J connectivity index is 1.64. The van der Waals surface area contributed by atoms with E-state index in [4.69, 9.17) is 0 Å². The fraction of sp³-hybridized carbons (Fsp3) is 0.444. The van der Waals surface area contributed by atoms with Gasteiger partial charge in [-0.2, -0.15) is 5.26 Å². The minimum atomic E-state index is -0.0539. The predicted molar refractivity (Wildman–Crippen MR) is 99.7 cm³/mol. The summed E-state index contributed by atoms with van der Waals surface area (Å²) < 4.78 is 0. The van der Waals surface area contributed by atoms with Gasteiger partial charge in [0.1, 0.15) is 11.1 Å². The first kappa shape index (κ1) is 17.2. The molecule has 2 aromatic heterocycles. The van der Waals surface area contributed by atoms with Crippen molar-refractivity contribution in [2.45, 2.75) is 39.2 Å². The second-order valence-corrected chi connectivity index (χ2v) is 8.38. The van der Waals surface area contributed by atoms with Crippen LogP contribution in [-0.4, -0.2) is 24.4 Å². The van der Waals surface area contributed by atoms with Crippen molar-refractivity contribution in [2.75, 3.05) is 18.9 Å². The van der Waals surface area contributed by atoms with Gasteiger partial charge in [-0.25, -0.2) is 0 Å². The van der Waals surface area contributed by atoms with E-state index in [2.05, 4.69) is 29.8 Å². The Bertz CT molecular complexity index is 785. The van der Waals surface area contributed by atoms with Crippen molar-refractivity contribution >= 4 is 33.6 Å². The van der Waals surface area contributed by atoms with Gasteiger partial charge in [-0.05, 0) is 62.2 Å². The van der Waals surface area contributed by atoms with Crippen molar-refractivity contribution in [1.82, 2.24) is 4.90 Å². The minimum Gasteiger partial charge on any atom is -0.315 e. The summed E-state index contributed by atoms with van der Waals surface area (Å²) in [7, 11) is 1.95. The van der Waals surface area contributed by atoms with Crippen LogP contribution in [0.2, 0.25) is 0 Å². The molecule has 126 valence electrons. The van der Waals surface area contributed by atoms with Crippen molar-refractivity contribution in [2.24, 2.45) is 0 Å². The normalized spacial score (nSPS) is 13.6. The summed E-state index contributed by atoms with van der Waals surface area (Å²) in [6, 6.07) is 4.39. The quantitative estimate of drug-likeness (QED) is 0.880. The van der Waals surface area contributed by atoms with Crippen LogP contribution in [0.1, 0.15) is 39.3 Å². The van der Waals surface area contributed by atoms with Crippen LogP contribution in [0.4, 0.5) is 5.00 Å². The number of carbonyl (C=O) groups is 1. The highest BCUT2D eigenvalue weighted by Gasteiger charge is 2.22. The zero-order chi connectivity index (χ0) is 17.1. The Hall–Kier alpha value is -1.68. The molecule has 0 saturated carbocycles. The Labute approximate surface area is 150 Å². The third-order valence-corrected chi connectivity index (χ3v) is 6.55. The molecule has 0 spiro atoms. The first-order valence-electron chi connectivity index (χ1n) is 8.14. The van der Waals surface area contributed by atoms with Gasteiger partial charge in [-0.3, -0.25) is 9.69 Å². The number of hydrogen-bond acceptors (Lipinski definition) is 5. The second-order valence-electron chi connectivity index (χ2n) is 6.27. The van der Waals surface area contributed by atoms with E-state index < -0.39 is 0 Å². The lowest BCUT2D eigenvalue weighted by Crippen LogP contribution is -2.29. The molecule has 0 atom stereocenters. The van der Waals surface area contributed by atoms with E-state index in [1.54, 1.807) is 22.7 Å². The molecule has 1 N–H and O–H groups in total. The maximum atomic E-state index is 12.4. The zero-order valence-electron chi connectivity index (χ0n) is 14.0. The van der Waals surface area contributed by atoms with Crippen LogP contribution < -0.4 is 5.32 Å². The maximum Gasteiger partial charge on any atom is 0.239 e. The smallest absolute Gasteiger partial charge is 0.239 e. The largest absolute Gasteiger partial charge is 0.315 e. The number of thiophene rings is 2. The molecule has 0 aliphatic heterocycles. The molecule has 0 saturated heterocycles. The third kappa shape index (κ3) is 3.69. The van der Waals surface area contributed by atoms with Crippen molar-refractivity contribution in [1.29, 1.82) is 5.26 Å². The van der Waals surface area contributed by atoms with Gasteiger partial charge in [-0.15, -0.1) is 22.7 Å². The molecular formula is C18H21N3OS2. The number of nitrogens with zero attached hydrogens (tertiary/aromatic N) is 2. The van der Waals surface area contributed by atoms with Crippen molar-refractivity contribution in [3.63, 3.8) is 0 Å². The van der Waals surface area contributed by atoms with Gasteiger partial charge in [0.2, 0.25) is 5.91 Å². The highest BCUT2D eigenvalue weighted by atomic mass is 32.1. The zero-order valence-corrected chi connectivity index (χ0v) is 15.6. The molecule has 1 amide bonds. The first-order chi connectivity index (χ1) is 11.6. The fourth-order valence-electron chi connectivity index (χ4n) is 3.05. The van der Waals surface area contributed by atoms with Crippen LogP contribution in [0.5, 0.6) is 0 Å². The number of hydrogen-bond donors (Lipinski definition) is 1. The number of rotatable bonds is 5. The van der Waals surface area contributed by atoms with Crippen molar-refractivity contribution in [3.8, 4) is 6.07 Å². The lowest BCUT2D eigenvalue weighted by Gasteiger charge is -2.15. The molecule has 0 radical (unpaired) electrons. The van der Waals surface area contributed by atoms with Crippen LogP contribution in [0.25, 0.3) is 0 Å². The molecule has 4 nitrogen and oxygen atoms in total. The Morgan fingerprint density at radius 3 is 2.92 bits per heavy atom. The van der Waals surface area contributed by atoms with Gasteiger partial charge in [0.25, 0.3) is 0 Å². The van der Waals surface area contributed by atoms with Crippen LogP contribution in [0.15, 0.2) is 11.4 Å². The second kappa shape index (κ2) is 7.47. The Morgan fingerprint density at radius 2 is 2.21 bits per heavy atom. The highest BCUT2D eigenvalue weighted by molar-refractivity contribution is 7.16. The SMILES string of the molecule is Cc1ccsc1CN(C)CC(=O)Nc1sc2c(c1C#N)CCCC2. The number of nitriles is 1. The monoisotopic (exact) mass is 359 g/mol. The van der Waals surface area contributed by atoms with Gasteiger partial charge in [0, 0.05) is 16.3 Å². The van der Waals surface area contributed by atoms with Gasteiger partial charge in [0.15, 0.2) is 0 Å². The molecule has 2 aromatic rings. The number of likely N-dealkylation sites (N-methyl/N-ethyl adjacent to an activating group) is 1. The van der Waals surface area contributed by atoms with Crippen molar-refractivity contribution in [3.05, 3.63) is 37.9 Å². The summed E-state index contributed by atoms with van der Waals surface area (Å²) in [5.74, 6) is -0.0539. The summed E-state index contributed by atoms with van der Waals surface area (Å²) in [6.07, 6.45) is 4.30. The summed E-state index contributed by atoms with van der Waals surface area (Å²) in [6.45, 7) is 3.18. The summed E-state index contributed by atoms with van der Waals surface area (Å²) in [4.78, 5) is 16.9. The van der Waals surface area contributed by atoms with E-state index in [1.165, 1.54) is 21.7 Å². The average Bonchev–Trinajstić information content (AvgIpc) is 3.10. The molecule has 0 bridgehead atoms. The van der Waals surface area contributed by atoms with E-state index in [0.29, 0.717) is 12.1 Å². The maximum absolute atomic E-state index is 12.4. The Morgan fingerprint density at radius 1 is 1.42 bits per heavy atom. The first-order valence-corrected chi connectivity index (χ1v) is 9.84. The fourth-order valence-corrected chi connectivity index (χ4v) is 5.29. The molecule has 24 heavy (non-hydrogen) atoms. The summed E-state index contributed by atoms with van der Waals surface area (Å²) >= 11 is 3.30. The average molecular weight is 360 g/mol. The summed E-state index contributed by atoms with van der Waals surface area (Å²) in [5.41, 5.74) is 3.11. The molecule has 6 heteroatoms. The molecule has 1 aliphatic rings. The number of carbonyl (C=O) groups excluding carboxylic acids is 1. The molecule has 1 aliphatic carbocycles. The molecule has 0 aromatic carbocycles. The highest BCUT2D eigenvalue weighted by Crippen LogP contribution is 2.37. The van der Waals surface area contributed by atoms with Crippen molar-refractivity contribution < 1.29 is 4.79 Å². The number of fused-ring (bicyclic) bond motifs is 1. The molecule has 0 unspecified atom stereocenters. The number of anilines is 1. The van der Waals surface area contributed by atoms with Crippen LogP contribution >= 0.6 is 22.7 Å². The lowest BCUT2D eigenvalue weighted by atomic mass is 9.96. The van der Waals surface area contributed by atoms with E-state index >= 15 is 0 Å². The minimum absolute atomic E-state index is 0.0539.